The van der Waals surface area contributed by atoms with E-state index in [0.29, 0.717) is 55.5 Å². The number of ether oxygens (including phenoxy) is 1. The molecule has 4 aromatic rings. The minimum Gasteiger partial charge on any atom is -0.477 e. The third-order valence-electron chi connectivity index (χ3n) is 13.2. The number of rotatable bonds is 7. The number of benzene rings is 2. The summed E-state index contributed by atoms with van der Waals surface area (Å²) in [5.74, 6) is -2.93. The molecule has 7 heterocycles. The minimum atomic E-state index is -2.85. The number of halogens is 4. The Bertz CT molecular complexity index is 2390. The van der Waals surface area contributed by atoms with Gasteiger partial charge in [0.1, 0.15) is 23.5 Å². The monoisotopic (exact) mass is 871 g/mol. The van der Waals surface area contributed by atoms with E-state index in [4.69, 9.17) is 4.74 Å². The lowest BCUT2D eigenvalue weighted by molar-refractivity contribution is -0.134. The molecule has 9 rings (SSSR count). The van der Waals surface area contributed by atoms with Gasteiger partial charge in [-0.2, -0.15) is 5.10 Å². The summed E-state index contributed by atoms with van der Waals surface area (Å²) in [4.78, 5) is 51.6. The summed E-state index contributed by atoms with van der Waals surface area (Å²) < 4.78 is 66.3. The van der Waals surface area contributed by atoms with Crippen LogP contribution in [0.4, 0.5) is 34.6 Å². The van der Waals surface area contributed by atoms with Crippen LogP contribution in [0.25, 0.3) is 11.3 Å². The van der Waals surface area contributed by atoms with Crippen molar-refractivity contribution in [1.82, 2.24) is 29.9 Å². The highest BCUT2D eigenvalue weighted by atomic mass is 19.3. The van der Waals surface area contributed by atoms with E-state index in [1.807, 2.05) is 4.90 Å². The van der Waals surface area contributed by atoms with E-state index in [-0.39, 0.29) is 59.8 Å². The number of hydrogen-bond donors (Lipinski definition) is 2. The lowest BCUT2D eigenvalue weighted by atomic mass is 9.89. The van der Waals surface area contributed by atoms with Crippen LogP contribution in [-0.2, 0) is 23.2 Å². The number of piperidine rings is 1. The van der Waals surface area contributed by atoms with Crippen LogP contribution in [0.5, 0.6) is 5.88 Å². The minimum absolute atomic E-state index is 0.0508. The van der Waals surface area contributed by atoms with Crippen LogP contribution in [0.2, 0.25) is 0 Å². The second-order valence-electron chi connectivity index (χ2n) is 17.9. The average Bonchev–Trinajstić information content (AvgIpc) is 3.73. The maximum absolute atomic E-state index is 15.2. The normalized spacial score (nSPS) is 22.7. The highest BCUT2D eigenvalue weighted by Gasteiger charge is 2.37. The van der Waals surface area contributed by atoms with Crippen molar-refractivity contribution in [3.63, 3.8) is 0 Å². The van der Waals surface area contributed by atoms with Crippen LogP contribution in [-0.4, -0.2) is 107 Å². The smallest absolute Gasteiger partial charge is 0.282 e. The van der Waals surface area contributed by atoms with Crippen LogP contribution in [0.15, 0.2) is 42.5 Å². The van der Waals surface area contributed by atoms with Gasteiger partial charge in [-0.3, -0.25) is 29.6 Å². The van der Waals surface area contributed by atoms with Gasteiger partial charge in [0, 0.05) is 107 Å². The Balaban J connectivity index is 0.817. The number of carbonyl (C=O) groups excluding carboxylic acids is 3. The van der Waals surface area contributed by atoms with Crippen molar-refractivity contribution < 1.29 is 36.7 Å². The summed E-state index contributed by atoms with van der Waals surface area (Å²) in [7, 11) is 1.58. The molecule has 2 aromatic heterocycles. The molecule has 2 N–H and O–H groups in total. The van der Waals surface area contributed by atoms with E-state index in [1.165, 1.54) is 22.4 Å². The summed E-state index contributed by atoms with van der Waals surface area (Å²) in [6.45, 7) is 11.6. The molecule has 3 fully saturated rings. The third-order valence-corrected chi connectivity index (χ3v) is 13.2. The standard InChI is InChI=1S/C46H53F4N9O4/c1-26-5-4-14-63-46-42(43(44(49)50)54-55(46)3)36-17-30(15-27(2)51-36)38(60)20-39-52-35-8-6-28(16-37(35)59(39)21-26)22-56-10-12-57(13-11-56)23-29-24-58(25-29)31-18-33(47)41(34(48)19-31)32-7-9-40(61)53-45(32)62/h6,8,15-19,26,29,32,39,44,52H,4-5,7,9-14,20-25H2,1-3H3,(H,53,61,62)/t26-,32-,39?/m1/s1. The van der Waals surface area contributed by atoms with E-state index in [9.17, 15) is 23.2 Å². The molecule has 0 radical (unpaired) electrons. The number of aryl methyl sites for hydroxylation is 2. The summed E-state index contributed by atoms with van der Waals surface area (Å²) in [5, 5.41) is 9.87. The van der Waals surface area contributed by atoms with Gasteiger partial charge in [-0.15, -0.1) is 0 Å². The number of nitrogens with zero attached hydrogens (tertiary/aromatic N) is 7. The van der Waals surface area contributed by atoms with Crippen LogP contribution < -0.4 is 25.2 Å². The Morgan fingerprint density at radius 1 is 0.937 bits per heavy atom. The van der Waals surface area contributed by atoms with Gasteiger partial charge in [-0.05, 0) is 74.1 Å². The summed E-state index contributed by atoms with van der Waals surface area (Å²) in [6.07, 6.45) is -1.31. The van der Waals surface area contributed by atoms with E-state index in [2.05, 4.69) is 60.5 Å². The number of ketones is 1. The number of piperazine rings is 1. The number of imide groups is 1. The quantitative estimate of drug-likeness (QED) is 0.158. The van der Waals surface area contributed by atoms with Gasteiger partial charge in [0.15, 0.2) is 5.78 Å². The second kappa shape index (κ2) is 17.5. The molecule has 13 nitrogen and oxygen atoms in total. The zero-order valence-corrected chi connectivity index (χ0v) is 35.8. The lowest BCUT2D eigenvalue weighted by Gasteiger charge is -2.45. The molecule has 0 aliphatic carbocycles. The molecule has 5 aliphatic rings. The Hall–Kier alpha value is -5.55. The number of Topliss-reactive ketones (excluding diaryl/α,β-unsaturated/α-hetero) is 1. The molecule has 3 saturated heterocycles. The topological polar surface area (TPSA) is 128 Å². The predicted molar refractivity (Wildman–Crippen MR) is 229 cm³/mol. The van der Waals surface area contributed by atoms with Crippen LogP contribution in [0.1, 0.15) is 84.2 Å². The highest BCUT2D eigenvalue weighted by Crippen LogP contribution is 2.41. The molecule has 1 unspecified atom stereocenters. The Morgan fingerprint density at radius 2 is 1.68 bits per heavy atom. The number of hydrogen-bond acceptors (Lipinski definition) is 11. The molecule has 2 bridgehead atoms. The van der Waals surface area contributed by atoms with Crippen molar-refractivity contribution in [3.8, 4) is 17.1 Å². The third kappa shape index (κ3) is 8.86. The molecular formula is C46H53F4N9O4. The van der Waals surface area contributed by atoms with E-state index >= 15 is 8.78 Å². The zero-order valence-electron chi connectivity index (χ0n) is 35.8. The SMILES string of the molecule is Cc1cc2cc(n1)-c1c(C(F)F)nn(C)c1OCCC[C@@H](C)CN1c3cc(CN4CCN(CC5CN(c6cc(F)c([C@H]7CCC(=O)NC7=O)c(F)c6)C5)CC4)ccc3NC1CC2=O. The first-order valence-electron chi connectivity index (χ1n) is 22.0. The van der Waals surface area contributed by atoms with Crippen molar-refractivity contribution in [1.29, 1.82) is 0 Å². The first-order valence-corrected chi connectivity index (χ1v) is 22.0. The predicted octanol–water partition coefficient (Wildman–Crippen LogP) is 6.42. The first kappa shape index (κ1) is 42.7. The van der Waals surface area contributed by atoms with Crippen molar-refractivity contribution in [2.45, 2.75) is 71.0 Å². The van der Waals surface area contributed by atoms with Gasteiger partial charge in [-0.1, -0.05) is 13.0 Å². The first-order chi connectivity index (χ1) is 30.3. The van der Waals surface area contributed by atoms with E-state index in [0.717, 1.165) is 57.1 Å². The number of carbonyl (C=O) groups is 3. The van der Waals surface area contributed by atoms with Gasteiger partial charge in [0.25, 0.3) is 6.43 Å². The molecule has 5 aliphatic heterocycles. The number of alkyl halides is 2. The molecular weight excluding hydrogens is 819 g/mol. The lowest BCUT2D eigenvalue weighted by Crippen LogP contribution is -2.54. The van der Waals surface area contributed by atoms with Crippen LogP contribution in [0.3, 0.4) is 0 Å². The molecule has 2 aromatic carbocycles. The Labute approximate surface area is 363 Å². The summed E-state index contributed by atoms with van der Waals surface area (Å²) in [5.41, 5.74) is 4.26. The average molecular weight is 872 g/mol. The summed E-state index contributed by atoms with van der Waals surface area (Å²) in [6, 6.07) is 12.4. The van der Waals surface area contributed by atoms with Gasteiger partial charge in [0.2, 0.25) is 17.7 Å². The number of aromatic nitrogens is 3. The zero-order chi connectivity index (χ0) is 44.1. The molecule has 63 heavy (non-hydrogen) atoms. The van der Waals surface area contributed by atoms with Crippen molar-refractivity contribution in [3.05, 3.63) is 82.2 Å². The van der Waals surface area contributed by atoms with Crippen LogP contribution >= 0.6 is 0 Å². The fourth-order valence-electron chi connectivity index (χ4n) is 9.92. The highest BCUT2D eigenvalue weighted by molar-refractivity contribution is 6.01. The fourth-order valence-corrected chi connectivity index (χ4v) is 9.92. The molecule has 0 saturated carbocycles. The molecule has 0 spiro atoms. The molecule has 334 valence electrons. The van der Waals surface area contributed by atoms with Crippen molar-refractivity contribution in [2.75, 3.05) is 74.1 Å². The number of pyridine rings is 1. The van der Waals surface area contributed by atoms with Crippen molar-refractivity contribution in [2.24, 2.45) is 18.9 Å². The van der Waals surface area contributed by atoms with Crippen molar-refractivity contribution >= 4 is 34.7 Å². The summed E-state index contributed by atoms with van der Waals surface area (Å²) >= 11 is 0. The number of fused-ring (bicyclic) bond motifs is 7. The number of nitrogens with one attached hydrogen (secondary N) is 2. The molecule has 17 heteroatoms. The van der Waals surface area contributed by atoms with Gasteiger partial charge < -0.3 is 24.8 Å². The van der Waals surface area contributed by atoms with Gasteiger partial charge in [-0.25, -0.2) is 22.2 Å². The number of amides is 2. The van der Waals surface area contributed by atoms with E-state index in [1.54, 1.807) is 26.1 Å². The molecule has 3 atom stereocenters. The molecule has 2 amide bonds. The van der Waals surface area contributed by atoms with Gasteiger partial charge in [0.05, 0.1) is 35.2 Å². The Morgan fingerprint density at radius 3 is 2.41 bits per heavy atom. The second-order valence-corrected chi connectivity index (χ2v) is 17.9. The maximum atomic E-state index is 15.2. The van der Waals surface area contributed by atoms with E-state index < -0.39 is 41.5 Å². The Kier molecular flexibility index (Phi) is 11.9. The maximum Gasteiger partial charge on any atom is 0.282 e. The number of anilines is 3. The van der Waals surface area contributed by atoms with Crippen LogP contribution in [0, 0.1) is 30.4 Å². The van der Waals surface area contributed by atoms with Gasteiger partial charge >= 0.3 is 0 Å². The largest absolute Gasteiger partial charge is 0.477 e. The fraction of sp³-hybridized carbons (Fsp3) is 0.500.